The van der Waals surface area contributed by atoms with Gasteiger partial charge in [0.05, 0.1) is 25.3 Å². The monoisotopic (exact) mass is 354 g/mol. The summed E-state index contributed by atoms with van der Waals surface area (Å²) in [5.41, 5.74) is 1.79. The molecular formula is C20H19FN2O3. The van der Waals surface area contributed by atoms with Gasteiger partial charge in [-0.05, 0) is 18.6 Å². The molecule has 0 aromatic heterocycles. The van der Waals surface area contributed by atoms with Gasteiger partial charge in [0.2, 0.25) is 0 Å². The number of nitrogens with zero attached hydrogens (tertiary/aromatic N) is 1. The molecule has 5 nitrogen and oxygen atoms in total. The number of esters is 1. The Hall–Kier alpha value is -3.15. The van der Waals surface area contributed by atoms with Gasteiger partial charge in [-0.15, -0.1) is 0 Å². The van der Waals surface area contributed by atoms with Gasteiger partial charge >= 0.3 is 12.0 Å². The zero-order valence-corrected chi connectivity index (χ0v) is 14.5. The van der Waals surface area contributed by atoms with Crippen LogP contribution in [0.4, 0.5) is 9.18 Å². The minimum Gasteiger partial charge on any atom is -0.466 e. The fraction of sp³-hybridized carbons (Fsp3) is 0.200. The van der Waals surface area contributed by atoms with Gasteiger partial charge in [-0.2, -0.15) is 0 Å². The topological polar surface area (TPSA) is 58.6 Å². The van der Waals surface area contributed by atoms with Crippen molar-refractivity contribution < 1.29 is 18.7 Å². The fourth-order valence-electron chi connectivity index (χ4n) is 3.05. The Morgan fingerprint density at radius 3 is 2.46 bits per heavy atom. The summed E-state index contributed by atoms with van der Waals surface area (Å²) >= 11 is 0. The van der Waals surface area contributed by atoms with E-state index in [1.54, 1.807) is 25.1 Å². The van der Waals surface area contributed by atoms with Gasteiger partial charge in [-0.25, -0.2) is 14.0 Å². The molecule has 1 heterocycles. The van der Waals surface area contributed by atoms with Crippen LogP contribution in [0, 0.1) is 5.82 Å². The molecule has 0 aliphatic carbocycles. The van der Waals surface area contributed by atoms with E-state index in [1.165, 1.54) is 18.1 Å². The summed E-state index contributed by atoms with van der Waals surface area (Å²) in [6.07, 6.45) is 0. The number of hydrogen-bond acceptors (Lipinski definition) is 3. The van der Waals surface area contributed by atoms with Crippen molar-refractivity contribution in [3.8, 4) is 0 Å². The van der Waals surface area contributed by atoms with E-state index in [2.05, 4.69) is 5.32 Å². The van der Waals surface area contributed by atoms with Gasteiger partial charge < -0.3 is 10.1 Å². The molecule has 0 saturated carbocycles. The lowest BCUT2D eigenvalue weighted by molar-refractivity contribution is -0.136. The Morgan fingerprint density at radius 1 is 1.15 bits per heavy atom. The van der Waals surface area contributed by atoms with E-state index in [0.29, 0.717) is 12.2 Å². The fourth-order valence-corrected chi connectivity index (χ4v) is 3.05. The van der Waals surface area contributed by atoms with Gasteiger partial charge in [0, 0.05) is 11.3 Å². The summed E-state index contributed by atoms with van der Waals surface area (Å²) in [6, 6.07) is 14.2. The average molecular weight is 354 g/mol. The van der Waals surface area contributed by atoms with Crippen molar-refractivity contribution in [3.05, 3.63) is 82.8 Å². The van der Waals surface area contributed by atoms with E-state index < -0.39 is 23.9 Å². The Labute approximate surface area is 151 Å². The maximum Gasteiger partial charge on any atom is 0.337 e. The molecule has 6 heteroatoms. The van der Waals surface area contributed by atoms with Gasteiger partial charge in [0.25, 0.3) is 0 Å². The lowest BCUT2D eigenvalue weighted by Gasteiger charge is -2.35. The Kier molecular flexibility index (Phi) is 5.02. The van der Waals surface area contributed by atoms with Crippen LogP contribution in [0.5, 0.6) is 0 Å². The van der Waals surface area contributed by atoms with Crippen molar-refractivity contribution in [2.45, 2.75) is 19.5 Å². The molecule has 0 spiro atoms. The molecule has 1 aliphatic heterocycles. The second-order valence-corrected chi connectivity index (χ2v) is 5.97. The van der Waals surface area contributed by atoms with Crippen LogP contribution < -0.4 is 5.32 Å². The van der Waals surface area contributed by atoms with Crippen LogP contribution >= 0.6 is 0 Å². The highest BCUT2D eigenvalue weighted by atomic mass is 19.1. The Balaban J connectivity index is 2.05. The molecule has 3 rings (SSSR count). The molecule has 0 bridgehead atoms. The van der Waals surface area contributed by atoms with Gasteiger partial charge in [-0.3, -0.25) is 4.90 Å². The smallest absolute Gasteiger partial charge is 0.337 e. The van der Waals surface area contributed by atoms with E-state index in [4.69, 9.17) is 4.74 Å². The number of ether oxygens (including phenoxy) is 1. The molecule has 0 radical (unpaired) electrons. The zero-order chi connectivity index (χ0) is 18.7. The molecule has 2 amide bonds. The van der Waals surface area contributed by atoms with E-state index in [9.17, 15) is 14.0 Å². The number of halogens is 1. The van der Waals surface area contributed by atoms with Crippen molar-refractivity contribution in [3.63, 3.8) is 0 Å². The number of amides is 2. The number of carbonyl (C=O) groups excluding carboxylic acids is 2. The molecule has 2 aromatic rings. The first-order chi connectivity index (χ1) is 12.5. The maximum absolute atomic E-state index is 14.3. The molecule has 0 unspecified atom stereocenters. The predicted molar refractivity (Wildman–Crippen MR) is 94.4 cm³/mol. The number of allylic oxidation sites excluding steroid dienone is 1. The second-order valence-electron chi connectivity index (χ2n) is 5.97. The second kappa shape index (κ2) is 7.39. The number of hydrogen-bond donors (Lipinski definition) is 1. The first-order valence-corrected chi connectivity index (χ1v) is 8.18. The number of methoxy groups -OCH3 is 1. The van der Waals surface area contributed by atoms with Crippen LogP contribution in [0.2, 0.25) is 0 Å². The molecule has 0 saturated heterocycles. The Morgan fingerprint density at radius 2 is 1.81 bits per heavy atom. The normalized spacial score (nSPS) is 17.1. The van der Waals surface area contributed by atoms with Gasteiger partial charge in [0.1, 0.15) is 5.82 Å². The van der Waals surface area contributed by atoms with Crippen molar-refractivity contribution >= 4 is 12.0 Å². The molecular weight excluding hydrogens is 335 g/mol. The summed E-state index contributed by atoms with van der Waals surface area (Å²) in [5.74, 6) is -1.10. The highest BCUT2D eigenvalue weighted by molar-refractivity contribution is 5.95. The number of rotatable bonds is 4. The third-order valence-corrected chi connectivity index (χ3v) is 4.40. The third kappa shape index (κ3) is 3.31. The van der Waals surface area contributed by atoms with Crippen LogP contribution in [-0.4, -0.2) is 24.0 Å². The first-order valence-electron chi connectivity index (χ1n) is 8.18. The molecule has 1 aliphatic rings. The van der Waals surface area contributed by atoms with Crippen LogP contribution in [-0.2, 0) is 16.1 Å². The van der Waals surface area contributed by atoms with Crippen LogP contribution in [0.15, 0.2) is 65.9 Å². The van der Waals surface area contributed by atoms with Gasteiger partial charge in [-0.1, -0.05) is 48.5 Å². The highest BCUT2D eigenvalue weighted by Crippen LogP contribution is 2.33. The van der Waals surface area contributed by atoms with Crippen molar-refractivity contribution in [1.82, 2.24) is 10.2 Å². The largest absolute Gasteiger partial charge is 0.466 e. The number of benzene rings is 2. The average Bonchev–Trinajstić information content (AvgIpc) is 2.65. The van der Waals surface area contributed by atoms with Gasteiger partial charge in [0.15, 0.2) is 0 Å². The standard InChI is InChI=1S/C20H19FN2O3/c1-13-17(19(24)26-2)18(15-10-6-7-11-16(15)21)22-20(25)23(13)12-14-8-4-3-5-9-14/h3-11,18H,12H2,1-2H3,(H,22,25)/t18-/m0/s1. The Bertz CT molecular complexity index is 864. The quantitative estimate of drug-likeness (QED) is 0.855. The van der Waals surface area contributed by atoms with Crippen molar-refractivity contribution in [1.29, 1.82) is 0 Å². The lowest BCUT2D eigenvalue weighted by atomic mass is 9.94. The summed E-state index contributed by atoms with van der Waals surface area (Å²) in [4.78, 5) is 26.5. The number of carbonyl (C=O) groups is 2. The minimum absolute atomic E-state index is 0.216. The van der Waals surface area contributed by atoms with E-state index in [1.807, 2.05) is 30.3 Å². The van der Waals surface area contributed by atoms with Crippen molar-refractivity contribution in [2.75, 3.05) is 7.11 Å². The number of nitrogens with one attached hydrogen (secondary N) is 1. The summed E-state index contributed by atoms with van der Waals surface area (Å²) in [7, 11) is 1.26. The third-order valence-electron chi connectivity index (χ3n) is 4.40. The molecule has 2 aromatic carbocycles. The van der Waals surface area contributed by atoms with Crippen LogP contribution in [0.1, 0.15) is 24.1 Å². The van der Waals surface area contributed by atoms with Crippen LogP contribution in [0.3, 0.4) is 0 Å². The molecule has 1 atom stereocenters. The highest BCUT2D eigenvalue weighted by Gasteiger charge is 2.37. The van der Waals surface area contributed by atoms with Crippen LogP contribution in [0.25, 0.3) is 0 Å². The predicted octanol–water partition coefficient (Wildman–Crippen LogP) is 3.54. The summed E-state index contributed by atoms with van der Waals surface area (Å²) < 4.78 is 19.2. The SMILES string of the molecule is COC(=O)C1=C(C)N(Cc2ccccc2)C(=O)N[C@H]1c1ccccc1F. The molecule has 26 heavy (non-hydrogen) atoms. The maximum atomic E-state index is 14.3. The van der Waals surface area contributed by atoms with E-state index in [0.717, 1.165) is 5.56 Å². The van der Waals surface area contributed by atoms with Crippen molar-refractivity contribution in [2.24, 2.45) is 0 Å². The summed E-state index contributed by atoms with van der Waals surface area (Å²) in [6.45, 7) is 1.96. The summed E-state index contributed by atoms with van der Waals surface area (Å²) in [5, 5.41) is 2.73. The first kappa shape index (κ1) is 17.7. The minimum atomic E-state index is -0.900. The lowest BCUT2D eigenvalue weighted by Crippen LogP contribution is -2.47. The molecule has 0 fully saturated rings. The molecule has 134 valence electrons. The van der Waals surface area contributed by atoms with E-state index in [-0.39, 0.29) is 11.1 Å². The molecule has 1 N–H and O–H groups in total. The zero-order valence-electron chi connectivity index (χ0n) is 14.5. The van der Waals surface area contributed by atoms with E-state index >= 15 is 0 Å². The number of urea groups is 1.